The fourth-order valence-corrected chi connectivity index (χ4v) is 6.10. The van der Waals surface area contributed by atoms with Gasteiger partial charge in [-0.3, -0.25) is 9.69 Å². The highest BCUT2D eigenvalue weighted by Gasteiger charge is 2.55. The fraction of sp³-hybridized carbons (Fsp3) is 0.875. The van der Waals surface area contributed by atoms with Crippen molar-refractivity contribution in [2.75, 3.05) is 24.7 Å². The molecule has 3 atom stereocenters. The van der Waals surface area contributed by atoms with Crippen molar-refractivity contribution in [3.05, 3.63) is 0 Å². The molecule has 0 unspecified atom stereocenters. The SMILES string of the molecule is CCN(CN1C(=O)N[C@]2(CCCC[C@@H]2C)C1=O)[C@H]1CCS(=O)(=O)C1. The summed E-state index contributed by atoms with van der Waals surface area (Å²) in [6.07, 6.45) is 4.24. The van der Waals surface area contributed by atoms with Gasteiger partial charge in [0.15, 0.2) is 9.84 Å². The van der Waals surface area contributed by atoms with Crippen LogP contribution in [0.25, 0.3) is 0 Å². The summed E-state index contributed by atoms with van der Waals surface area (Å²) in [5.41, 5.74) is -0.753. The first-order valence-corrected chi connectivity index (χ1v) is 10.7. The zero-order chi connectivity index (χ0) is 17.5. The Bertz CT molecular complexity index is 635. The number of carbonyl (C=O) groups is 2. The molecule has 3 aliphatic rings. The summed E-state index contributed by atoms with van der Waals surface area (Å²) in [6.45, 7) is 4.75. The molecule has 2 aliphatic heterocycles. The van der Waals surface area contributed by atoms with Crippen LogP contribution in [0.15, 0.2) is 0 Å². The molecule has 0 bridgehead atoms. The van der Waals surface area contributed by atoms with Gasteiger partial charge in [-0.2, -0.15) is 0 Å². The summed E-state index contributed by atoms with van der Waals surface area (Å²) in [7, 11) is -2.99. The molecule has 24 heavy (non-hydrogen) atoms. The van der Waals surface area contributed by atoms with Gasteiger partial charge in [0.05, 0.1) is 18.2 Å². The summed E-state index contributed by atoms with van der Waals surface area (Å²) < 4.78 is 23.5. The van der Waals surface area contributed by atoms with Gasteiger partial charge < -0.3 is 5.32 Å². The van der Waals surface area contributed by atoms with E-state index in [0.717, 1.165) is 19.3 Å². The molecule has 136 valence electrons. The molecule has 8 heteroatoms. The summed E-state index contributed by atoms with van der Waals surface area (Å²) in [5.74, 6) is 0.301. The zero-order valence-corrected chi connectivity index (χ0v) is 15.3. The molecule has 3 rings (SSSR count). The zero-order valence-electron chi connectivity index (χ0n) is 14.5. The third kappa shape index (κ3) is 2.94. The van der Waals surface area contributed by atoms with E-state index < -0.39 is 15.4 Å². The molecule has 0 aromatic heterocycles. The van der Waals surface area contributed by atoms with Crippen molar-refractivity contribution in [3.63, 3.8) is 0 Å². The van der Waals surface area contributed by atoms with Gasteiger partial charge in [-0.05, 0) is 31.7 Å². The Labute approximate surface area is 143 Å². The van der Waals surface area contributed by atoms with Crippen molar-refractivity contribution in [1.29, 1.82) is 0 Å². The lowest BCUT2D eigenvalue weighted by atomic mass is 9.73. The van der Waals surface area contributed by atoms with E-state index in [9.17, 15) is 18.0 Å². The van der Waals surface area contributed by atoms with E-state index in [2.05, 4.69) is 5.32 Å². The molecule has 0 aromatic rings. The predicted octanol–water partition coefficient (Wildman–Crippen LogP) is 0.954. The van der Waals surface area contributed by atoms with Crippen LogP contribution in [0.1, 0.15) is 46.0 Å². The number of nitrogens with one attached hydrogen (secondary N) is 1. The maximum Gasteiger partial charge on any atom is 0.326 e. The Morgan fingerprint density at radius 3 is 2.62 bits per heavy atom. The fourth-order valence-electron chi connectivity index (χ4n) is 4.34. The van der Waals surface area contributed by atoms with Crippen LogP contribution in [0.3, 0.4) is 0 Å². The van der Waals surface area contributed by atoms with Crippen LogP contribution in [-0.4, -0.2) is 66.5 Å². The molecule has 2 heterocycles. The van der Waals surface area contributed by atoms with E-state index >= 15 is 0 Å². The molecule has 0 aromatic carbocycles. The minimum Gasteiger partial charge on any atom is -0.323 e. The Morgan fingerprint density at radius 1 is 1.29 bits per heavy atom. The Hall–Kier alpha value is -1.15. The summed E-state index contributed by atoms with van der Waals surface area (Å²) in [4.78, 5) is 28.7. The maximum absolute atomic E-state index is 13.0. The van der Waals surface area contributed by atoms with E-state index in [1.54, 1.807) is 0 Å². The molecule has 1 spiro atoms. The second-order valence-electron chi connectivity index (χ2n) is 7.38. The molecule has 1 saturated carbocycles. The lowest BCUT2D eigenvalue weighted by Crippen LogP contribution is -2.54. The molecule has 1 N–H and O–H groups in total. The number of nitrogens with zero attached hydrogens (tertiary/aromatic N) is 2. The van der Waals surface area contributed by atoms with Crippen molar-refractivity contribution in [1.82, 2.24) is 15.1 Å². The monoisotopic (exact) mass is 357 g/mol. The molecular weight excluding hydrogens is 330 g/mol. The second-order valence-corrected chi connectivity index (χ2v) is 9.61. The Kier molecular flexibility index (Phi) is 4.63. The third-order valence-corrected chi connectivity index (χ3v) is 7.71. The molecule has 7 nitrogen and oxygen atoms in total. The molecule has 3 amide bonds. The maximum atomic E-state index is 13.0. The van der Waals surface area contributed by atoms with Gasteiger partial charge in [-0.15, -0.1) is 0 Å². The number of urea groups is 1. The van der Waals surface area contributed by atoms with Crippen LogP contribution in [0.5, 0.6) is 0 Å². The molecular formula is C16H27N3O4S. The number of amides is 3. The molecule has 3 fully saturated rings. The smallest absolute Gasteiger partial charge is 0.323 e. The van der Waals surface area contributed by atoms with Gasteiger partial charge in [0, 0.05) is 6.04 Å². The van der Waals surface area contributed by atoms with Crippen LogP contribution >= 0.6 is 0 Å². The largest absolute Gasteiger partial charge is 0.326 e. The number of hydrogen-bond acceptors (Lipinski definition) is 5. The van der Waals surface area contributed by atoms with E-state index in [-0.39, 0.29) is 42.1 Å². The average Bonchev–Trinajstić information content (AvgIpc) is 3.00. The first-order chi connectivity index (χ1) is 11.3. The number of hydrogen-bond donors (Lipinski definition) is 1. The van der Waals surface area contributed by atoms with Gasteiger partial charge in [0.2, 0.25) is 0 Å². The highest BCUT2D eigenvalue weighted by molar-refractivity contribution is 7.91. The highest BCUT2D eigenvalue weighted by atomic mass is 32.2. The van der Waals surface area contributed by atoms with Crippen LogP contribution < -0.4 is 5.32 Å². The second kappa shape index (κ2) is 6.29. The molecule has 1 aliphatic carbocycles. The van der Waals surface area contributed by atoms with Crippen LogP contribution in [0, 0.1) is 5.92 Å². The predicted molar refractivity (Wildman–Crippen MR) is 90.0 cm³/mol. The third-order valence-electron chi connectivity index (χ3n) is 5.96. The number of carbonyl (C=O) groups excluding carboxylic acids is 2. The van der Waals surface area contributed by atoms with Crippen molar-refractivity contribution in [3.8, 4) is 0 Å². The number of rotatable bonds is 4. The summed E-state index contributed by atoms with van der Waals surface area (Å²) in [5, 5.41) is 2.95. The topological polar surface area (TPSA) is 86.8 Å². The van der Waals surface area contributed by atoms with Crippen molar-refractivity contribution in [2.45, 2.75) is 57.5 Å². The first-order valence-electron chi connectivity index (χ1n) is 8.87. The minimum absolute atomic E-state index is 0.110. The quantitative estimate of drug-likeness (QED) is 0.757. The Morgan fingerprint density at radius 2 is 2.04 bits per heavy atom. The average molecular weight is 357 g/mol. The molecule has 0 radical (unpaired) electrons. The van der Waals surface area contributed by atoms with Crippen LogP contribution in [0.4, 0.5) is 4.79 Å². The van der Waals surface area contributed by atoms with Crippen LogP contribution in [-0.2, 0) is 14.6 Å². The van der Waals surface area contributed by atoms with Gasteiger partial charge in [-0.1, -0.05) is 26.7 Å². The van der Waals surface area contributed by atoms with Gasteiger partial charge in [0.25, 0.3) is 5.91 Å². The van der Waals surface area contributed by atoms with Gasteiger partial charge in [0.1, 0.15) is 5.54 Å². The lowest BCUT2D eigenvalue weighted by molar-refractivity contribution is -0.135. The van der Waals surface area contributed by atoms with E-state index in [1.165, 1.54) is 4.90 Å². The minimum atomic E-state index is -2.99. The highest BCUT2D eigenvalue weighted by Crippen LogP contribution is 2.38. The van der Waals surface area contributed by atoms with Gasteiger partial charge in [-0.25, -0.2) is 18.1 Å². The number of imide groups is 1. The standard InChI is InChI=1S/C16H27N3O4S/c1-3-18(13-7-9-24(22,23)10-13)11-19-14(20)16(17-15(19)21)8-5-4-6-12(16)2/h12-13H,3-11H2,1-2H3,(H,17,21)/t12-,13-,16-/m0/s1. The summed E-state index contributed by atoms with van der Waals surface area (Å²) in [6, 6.07) is -0.450. The Balaban J connectivity index is 1.74. The lowest BCUT2D eigenvalue weighted by Gasteiger charge is -2.37. The normalized spacial score (nSPS) is 35.9. The van der Waals surface area contributed by atoms with Gasteiger partial charge >= 0.3 is 6.03 Å². The van der Waals surface area contributed by atoms with E-state index in [4.69, 9.17) is 0 Å². The van der Waals surface area contributed by atoms with E-state index in [1.807, 2.05) is 18.7 Å². The van der Waals surface area contributed by atoms with Crippen LogP contribution in [0.2, 0.25) is 0 Å². The first kappa shape index (κ1) is 17.7. The molecule has 2 saturated heterocycles. The van der Waals surface area contributed by atoms with Crippen molar-refractivity contribution < 1.29 is 18.0 Å². The van der Waals surface area contributed by atoms with Crippen molar-refractivity contribution in [2.24, 2.45) is 5.92 Å². The number of sulfone groups is 1. The summed E-state index contributed by atoms with van der Waals surface area (Å²) >= 11 is 0. The van der Waals surface area contributed by atoms with Crippen molar-refractivity contribution >= 4 is 21.8 Å². The van der Waals surface area contributed by atoms with E-state index in [0.29, 0.717) is 19.4 Å².